The van der Waals surface area contributed by atoms with Crippen LogP contribution in [-0.4, -0.2) is 20.8 Å². The Hall–Kier alpha value is -3.09. The maximum Gasteiger partial charge on any atom is 0.279 e. The first-order valence-electron chi connectivity index (χ1n) is 7.90. The number of aryl methyl sites for hydroxylation is 4. The van der Waals surface area contributed by atoms with E-state index in [1.807, 2.05) is 32.0 Å². The van der Waals surface area contributed by atoms with Gasteiger partial charge >= 0.3 is 0 Å². The maximum absolute atomic E-state index is 12.4. The van der Waals surface area contributed by atoms with Crippen LogP contribution in [-0.2, 0) is 13.7 Å². The molecule has 0 fully saturated rings. The van der Waals surface area contributed by atoms with Crippen LogP contribution in [0, 0.1) is 20.8 Å². The normalized spacial score (nSPS) is 10.7. The molecule has 0 aliphatic carbocycles. The van der Waals surface area contributed by atoms with Crippen molar-refractivity contribution in [2.75, 3.05) is 5.32 Å². The quantitative estimate of drug-likeness (QED) is 0.771. The fourth-order valence-corrected chi connectivity index (χ4v) is 2.36. The molecular formula is C18H20N4O3. The van der Waals surface area contributed by atoms with Gasteiger partial charge in [0.25, 0.3) is 5.91 Å². The van der Waals surface area contributed by atoms with Gasteiger partial charge in [0.2, 0.25) is 0 Å². The number of hydrogen-bond donors (Lipinski definition) is 1. The highest BCUT2D eigenvalue weighted by Gasteiger charge is 2.21. The minimum absolute atomic E-state index is 0.197. The smallest absolute Gasteiger partial charge is 0.279 e. The molecule has 7 nitrogen and oxygen atoms in total. The van der Waals surface area contributed by atoms with Crippen LogP contribution in [0.1, 0.15) is 32.9 Å². The van der Waals surface area contributed by atoms with Crippen LogP contribution in [0.3, 0.4) is 0 Å². The Morgan fingerprint density at radius 3 is 2.72 bits per heavy atom. The van der Waals surface area contributed by atoms with E-state index in [1.54, 1.807) is 30.9 Å². The van der Waals surface area contributed by atoms with Crippen molar-refractivity contribution in [2.24, 2.45) is 7.05 Å². The van der Waals surface area contributed by atoms with Gasteiger partial charge in [0.05, 0.1) is 5.56 Å². The molecule has 130 valence electrons. The third-order valence-electron chi connectivity index (χ3n) is 4.02. The fourth-order valence-electron chi connectivity index (χ4n) is 2.36. The Balaban J connectivity index is 1.74. The van der Waals surface area contributed by atoms with Crippen molar-refractivity contribution >= 4 is 11.7 Å². The number of hydrogen-bond acceptors (Lipinski definition) is 5. The van der Waals surface area contributed by atoms with Crippen molar-refractivity contribution in [3.05, 3.63) is 58.6 Å². The van der Waals surface area contributed by atoms with Gasteiger partial charge in [-0.1, -0.05) is 11.2 Å². The first-order valence-corrected chi connectivity index (χ1v) is 7.90. The topological polar surface area (TPSA) is 82.2 Å². The molecule has 3 aromatic rings. The Morgan fingerprint density at radius 2 is 2.04 bits per heavy atom. The number of anilines is 1. The number of nitrogens with zero attached hydrogens (tertiary/aromatic N) is 3. The highest BCUT2D eigenvalue weighted by molar-refractivity contribution is 6.03. The summed E-state index contributed by atoms with van der Waals surface area (Å²) in [6.07, 6.45) is 1.74. The Kier molecular flexibility index (Phi) is 4.56. The van der Waals surface area contributed by atoms with Gasteiger partial charge in [-0.05, 0) is 44.0 Å². The number of aromatic nitrogens is 3. The van der Waals surface area contributed by atoms with Crippen LogP contribution < -0.4 is 10.1 Å². The maximum atomic E-state index is 12.4. The number of amides is 1. The lowest BCUT2D eigenvalue weighted by Crippen LogP contribution is -2.16. The van der Waals surface area contributed by atoms with Crippen LogP contribution in [0.15, 0.2) is 35.0 Å². The minimum Gasteiger partial charge on any atom is -0.489 e. The third-order valence-corrected chi connectivity index (χ3v) is 4.02. The van der Waals surface area contributed by atoms with E-state index in [0.29, 0.717) is 17.1 Å². The molecule has 1 aromatic carbocycles. The Bertz CT molecular complexity index is 911. The molecule has 2 aromatic heterocycles. The molecule has 7 heteroatoms. The van der Waals surface area contributed by atoms with Crippen molar-refractivity contribution in [3.8, 4) is 5.75 Å². The molecule has 0 bridgehead atoms. The molecule has 0 unspecified atom stereocenters. The molecule has 25 heavy (non-hydrogen) atoms. The van der Waals surface area contributed by atoms with Gasteiger partial charge in [-0.25, -0.2) is 0 Å². The van der Waals surface area contributed by atoms with Crippen molar-refractivity contribution in [2.45, 2.75) is 27.4 Å². The lowest BCUT2D eigenvalue weighted by Gasteiger charge is -2.08. The van der Waals surface area contributed by atoms with E-state index in [2.05, 4.69) is 15.6 Å². The van der Waals surface area contributed by atoms with Crippen LogP contribution in [0.2, 0.25) is 0 Å². The average molecular weight is 340 g/mol. The molecule has 0 saturated carbocycles. The number of nitrogens with one attached hydrogen (secondary N) is 1. The van der Waals surface area contributed by atoms with E-state index in [0.717, 1.165) is 11.3 Å². The fraction of sp³-hybridized carbons (Fsp3) is 0.278. The van der Waals surface area contributed by atoms with Gasteiger partial charge in [-0.2, -0.15) is 5.10 Å². The summed E-state index contributed by atoms with van der Waals surface area (Å²) in [4.78, 5) is 12.4. The number of benzene rings is 1. The SMILES string of the molecule is Cc1ccc(OCc2c(C(=O)Nc3ccn(C)n3)noc2C)cc1C. The Morgan fingerprint density at radius 1 is 1.24 bits per heavy atom. The predicted molar refractivity (Wildman–Crippen MR) is 92.6 cm³/mol. The van der Waals surface area contributed by atoms with Crippen LogP contribution >= 0.6 is 0 Å². The molecule has 0 radical (unpaired) electrons. The summed E-state index contributed by atoms with van der Waals surface area (Å²) in [5.41, 5.74) is 3.16. The molecular weight excluding hydrogens is 320 g/mol. The highest BCUT2D eigenvalue weighted by atomic mass is 16.5. The molecule has 3 rings (SSSR count). The summed E-state index contributed by atoms with van der Waals surface area (Å²) < 4.78 is 12.6. The first-order chi connectivity index (χ1) is 11.9. The Labute approximate surface area is 145 Å². The van der Waals surface area contributed by atoms with E-state index in [9.17, 15) is 4.79 Å². The number of carbonyl (C=O) groups is 1. The predicted octanol–water partition coefficient (Wildman–Crippen LogP) is 3.16. The third kappa shape index (κ3) is 3.71. The van der Waals surface area contributed by atoms with Crippen molar-refractivity contribution in [1.29, 1.82) is 0 Å². The molecule has 0 saturated heterocycles. The highest BCUT2D eigenvalue weighted by Crippen LogP contribution is 2.21. The molecule has 0 aliphatic rings. The van der Waals surface area contributed by atoms with Crippen molar-refractivity contribution in [1.82, 2.24) is 14.9 Å². The molecule has 1 amide bonds. The zero-order valence-corrected chi connectivity index (χ0v) is 14.7. The summed E-state index contributed by atoms with van der Waals surface area (Å²) in [5, 5.41) is 10.7. The summed E-state index contributed by atoms with van der Waals surface area (Å²) in [6.45, 7) is 6.02. The molecule has 0 spiro atoms. The van der Waals surface area contributed by atoms with Crippen LogP contribution in [0.25, 0.3) is 0 Å². The van der Waals surface area contributed by atoms with E-state index < -0.39 is 0 Å². The number of rotatable bonds is 5. The first kappa shape index (κ1) is 16.8. The zero-order valence-electron chi connectivity index (χ0n) is 14.7. The number of carbonyl (C=O) groups excluding carboxylic acids is 1. The van der Waals surface area contributed by atoms with E-state index in [1.165, 1.54) is 5.56 Å². The summed E-state index contributed by atoms with van der Waals surface area (Å²) in [6, 6.07) is 7.57. The van der Waals surface area contributed by atoms with Crippen LogP contribution in [0.5, 0.6) is 5.75 Å². The monoisotopic (exact) mass is 340 g/mol. The van der Waals surface area contributed by atoms with Gasteiger partial charge in [0, 0.05) is 19.3 Å². The minimum atomic E-state index is -0.380. The standard InChI is InChI=1S/C18H20N4O3/c1-11-5-6-14(9-12(11)2)24-10-15-13(3)25-21-17(15)18(23)19-16-7-8-22(4)20-16/h5-9H,10H2,1-4H3,(H,19,20,23). The second-order valence-electron chi connectivity index (χ2n) is 5.93. The second-order valence-corrected chi connectivity index (χ2v) is 5.93. The lowest BCUT2D eigenvalue weighted by molar-refractivity contribution is 0.101. The molecule has 0 aliphatic heterocycles. The zero-order chi connectivity index (χ0) is 18.0. The van der Waals surface area contributed by atoms with Gasteiger partial charge < -0.3 is 14.6 Å². The van der Waals surface area contributed by atoms with E-state index in [4.69, 9.17) is 9.26 Å². The van der Waals surface area contributed by atoms with Gasteiger partial charge in [-0.3, -0.25) is 9.48 Å². The largest absolute Gasteiger partial charge is 0.489 e. The van der Waals surface area contributed by atoms with Crippen molar-refractivity contribution in [3.63, 3.8) is 0 Å². The average Bonchev–Trinajstić information content (AvgIpc) is 3.14. The summed E-state index contributed by atoms with van der Waals surface area (Å²) in [7, 11) is 1.78. The summed E-state index contributed by atoms with van der Waals surface area (Å²) >= 11 is 0. The molecule has 0 atom stereocenters. The van der Waals surface area contributed by atoms with Gasteiger partial charge in [0.15, 0.2) is 11.5 Å². The lowest BCUT2D eigenvalue weighted by atomic mass is 10.1. The molecule has 2 heterocycles. The van der Waals surface area contributed by atoms with E-state index in [-0.39, 0.29) is 18.2 Å². The van der Waals surface area contributed by atoms with Crippen molar-refractivity contribution < 1.29 is 14.1 Å². The second kappa shape index (κ2) is 6.80. The van der Waals surface area contributed by atoms with E-state index >= 15 is 0 Å². The number of ether oxygens (including phenoxy) is 1. The van der Waals surface area contributed by atoms with Gasteiger partial charge in [0.1, 0.15) is 18.1 Å². The van der Waals surface area contributed by atoms with Gasteiger partial charge in [-0.15, -0.1) is 0 Å². The summed E-state index contributed by atoms with van der Waals surface area (Å²) in [5.74, 6) is 1.36. The molecule has 1 N–H and O–H groups in total. The van der Waals surface area contributed by atoms with Crippen LogP contribution in [0.4, 0.5) is 5.82 Å².